The van der Waals surface area contributed by atoms with E-state index in [1.54, 1.807) is 0 Å². The lowest BCUT2D eigenvalue weighted by atomic mass is 9.82. The first kappa shape index (κ1) is 14.8. The Balaban J connectivity index is 1.75. The molecule has 2 rings (SSSR count). The molecule has 0 aromatic carbocycles. The topological polar surface area (TPSA) is 38.8 Å². The monoisotopic (exact) mass is 268 g/mol. The first-order valence-electron chi connectivity index (χ1n) is 7.91. The van der Waals surface area contributed by atoms with Gasteiger partial charge in [-0.3, -0.25) is 4.79 Å². The van der Waals surface area contributed by atoms with Crippen molar-refractivity contribution in [2.45, 2.75) is 77.9 Å². The molecule has 0 bridgehead atoms. The lowest BCUT2D eigenvalue weighted by Gasteiger charge is -2.27. The van der Waals surface area contributed by atoms with E-state index in [0.717, 1.165) is 44.9 Å². The van der Waals surface area contributed by atoms with Crippen molar-refractivity contribution in [2.24, 2.45) is 11.3 Å². The van der Waals surface area contributed by atoms with Gasteiger partial charge in [0.25, 0.3) is 0 Å². The largest absolute Gasteiger partial charge is 0.465 e. The van der Waals surface area contributed by atoms with Gasteiger partial charge in [-0.15, -0.1) is 0 Å². The third-order valence-electron chi connectivity index (χ3n) is 4.92. The van der Waals surface area contributed by atoms with E-state index >= 15 is 0 Å². The fraction of sp³-hybridized carbons (Fsp3) is 0.938. The van der Waals surface area contributed by atoms with Crippen LogP contribution in [0.1, 0.15) is 65.7 Å². The number of fused-ring (bicyclic) bond motifs is 1. The molecule has 0 radical (unpaired) electrons. The van der Waals surface area contributed by atoms with E-state index in [0.29, 0.717) is 24.7 Å². The van der Waals surface area contributed by atoms with Crippen molar-refractivity contribution in [2.75, 3.05) is 6.61 Å². The van der Waals surface area contributed by atoms with Crippen molar-refractivity contribution in [1.29, 1.82) is 0 Å². The van der Waals surface area contributed by atoms with E-state index in [1.807, 2.05) is 6.92 Å². The molecule has 19 heavy (non-hydrogen) atoms. The standard InChI is InChI=1S/C16H28O3/c1-4-6-9-16(3,5-2)15(17)18-11-12-7-8-13-14(10-12)19-13/h12-14H,4-11H2,1-3H3. The summed E-state index contributed by atoms with van der Waals surface area (Å²) in [6.07, 6.45) is 8.40. The molecule has 1 aliphatic carbocycles. The number of hydrogen-bond acceptors (Lipinski definition) is 3. The Kier molecular flexibility index (Phi) is 4.88. The Morgan fingerprint density at radius 2 is 2.11 bits per heavy atom. The van der Waals surface area contributed by atoms with Crippen LogP contribution in [0.25, 0.3) is 0 Å². The smallest absolute Gasteiger partial charge is 0.311 e. The van der Waals surface area contributed by atoms with Crippen LogP contribution in [0.3, 0.4) is 0 Å². The van der Waals surface area contributed by atoms with Crippen molar-refractivity contribution in [3.63, 3.8) is 0 Å². The molecule has 2 fully saturated rings. The maximum atomic E-state index is 12.3. The van der Waals surface area contributed by atoms with Gasteiger partial charge in [0.2, 0.25) is 0 Å². The van der Waals surface area contributed by atoms with Crippen LogP contribution in [-0.4, -0.2) is 24.8 Å². The van der Waals surface area contributed by atoms with Crippen molar-refractivity contribution in [3.05, 3.63) is 0 Å². The summed E-state index contributed by atoms with van der Waals surface area (Å²) >= 11 is 0. The number of ether oxygens (including phenoxy) is 2. The Bertz CT molecular complexity index is 315. The van der Waals surface area contributed by atoms with Crippen molar-refractivity contribution >= 4 is 5.97 Å². The van der Waals surface area contributed by atoms with Crippen molar-refractivity contribution in [1.82, 2.24) is 0 Å². The number of carbonyl (C=O) groups excluding carboxylic acids is 1. The predicted molar refractivity (Wildman–Crippen MR) is 74.9 cm³/mol. The molecule has 0 aromatic heterocycles. The maximum Gasteiger partial charge on any atom is 0.311 e. The molecule has 3 nitrogen and oxygen atoms in total. The maximum absolute atomic E-state index is 12.3. The summed E-state index contributed by atoms with van der Waals surface area (Å²) in [6.45, 7) is 6.88. The molecule has 3 heteroatoms. The second kappa shape index (κ2) is 6.25. The molecule has 110 valence electrons. The van der Waals surface area contributed by atoms with Crippen LogP contribution >= 0.6 is 0 Å². The van der Waals surface area contributed by atoms with Gasteiger partial charge >= 0.3 is 5.97 Å². The summed E-state index contributed by atoms with van der Waals surface area (Å²) in [5.74, 6) is 0.516. The molecule has 0 amide bonds. The quantitative estimate of drug-likeness (QED) is 0.522. The highest BCUT2D eigenvalue weighted by Gasteiger charge is 2.44. The zero-order valence-electron chi connectivity index (χ0n) is 12.6. The fourth-order valence-electron chi connectivity index (χ4n) is 3.00. The molecule has 4 atom stereocenters. The Morgan fingerprint density at radius 3 is 2.74 bits per heavy atom. The summed E-state index contributed by atoms with van der Waals surface area (Å²) in [5, 5.41) is 0. The molecule has 0 N–H and O–H groups in total. The van der Waals surface area contributed by atoms with Crippen LogP contribution in [-0.2, 0) is 14.3 Å². The zero-order valence-corrected chi connectivity index (χ0v) is 12.6. The number of rotatable bonds is 7. The van der Waals surface area contributed by atoms with Crippen molar-refractivity contribution in [3.8, 4) is 0 Å². The Morgan fingerprint density at radius 1 is 1.32 bits per heavy atom. The lowest BCUT2D eigenvalue weighted by Crippen LogP contribution is -2.31. The fourth-order valence-corrected chi connectivity index (χ4v) is 3.00. The minimum absolute atomic E-state index is 0.00212. The zero-order chi connectivity index (χ0) is 13.9. The number of carbonyl (C=O) groups is 1. The number of unbranched alkanes of at least 4 members (excludes halogenated alkanes) is 1. The summed E-state index contributed by atoms with van der Waals surface area (Å²) in [7, 11) is 0. The average molecular weight is 268 g/mol. The van der Waals surface area contributed by atoms with E-state index in [2.05, 4.69) is 13.8 Å². The van der Waals surface area contributed by atoms with Gasteiger partial charge in [-0.05, 0) is 44.9 Å². The molecule has 0 spiro atoms. The molecule has 1 aliphatic heterocycles. The molecule has 4 unspecified atom stereocenters. The van der Waals surface area contributed by atoms with E-state index in [-0.39, 0.29) is 11.4 Å². The van der Waals surface area contributed by atoms with Gasteiger partial charge in [0.05, 0.1) is 24.2 Å². The summed E-state index contributed by atoms with van der Waals surface area (Å²) < 4.78 is 11.1. The van der Waals surface area contributed by atoms with Gasteiger partial charge in [-0.25, -0.2) is 0 Å². The van der Waals surface area contributed by atoms with Crippen LogP contribution in [0.15, 0.2) is 0 Å². The predicted octanol–water partition coefficient (Wildman–Crippen LogP) is 3.70. The SMILES string of the molecule is CCCCC(C)(CC)C(=O)OCC1CCC2OC2C1. The second-order valence-corrected chi connectivity index (χ2v) is 6.51. The first-order valence-corrected chi connectivity index (χ1v) is 7.91. The molecular weight excluding hydrogens is 240 g/mol. The van der Waals surface area contributed by atoms with E-state index in [1.165, 1.54) is 0 Å². The third kappa shape index (κ3) is 3.71. The molecule has 0 aromatic rings. The van der Waals surface area contributed by atoms with Crippen LogP contribution in [0.5, 0.6) is 0 Å². The molecule has 1 heterocycles. The number of epoxide rings is 1. The van der Waals surface area contributed by atoms with Gasteiger partial charge in [-0.1, -0.05) is 26.7 Å². The summed E-state index contributed by atoms with van der Waals surface area (Å²) in [4.78, 5) is 12.3. The van der Waals surface area contributed by atoms with Crippen LogP contribution in [0, 0.1) is 11.3 Å². The third-order valence-corrected chi connectivity index (χ3v) is 4.92. The summed E-state index contributed by atoms with van der Waals surface area (Å²) in [6, 6.07) is 0. The van der Waals surface area contributed by atoms with E-state index in [4.69, 9.17) is 9.47 Å². The minimum Gasteiger partial charge on any atom is -0.465 e. The van der Waals surface area contributed by atoms with Gasteiger partial charge in [0.1, 0.15) is 0 Å². The Hall–Kier alpha value is -0.570. The summed E-state index contributed by atoms with van der Waals surface area (Å²) in [5.41, 5.74) is -0.288. The number of hydrogen-bond donors (Lipinski definition) is 0. The van der Waals surface area contributed by atoms with Crippen LogP contribution in [0.4, 0.5) is 0 Å². The van der Waals surface area contributed by atoms with E-state index < -0.39 is 0 Å². The van der Waals surface area contributed by atoms with Gasteiger partial charge in [0.15, 0.2) is 0 Å². The van der Waals surface area contributed by atoms with Gasteiger partial charge in [-0.2, -0.15) is 0 Å². The van der Waals surface area contributed by atoms with Gasteiger partial charge in [0, 0.05) is 0 Å². The minimum atomic E-state index is -0.288. The average Bonchev–Trinajstić information content (AvgIpc) is 3.20. The molecule has 1 saturated carbocycles. The normalized spacial score (nSPS) is 32.3. The van der Waals surface area contributed by atoms with Crippen LogP contribution in [0.2, 0.25) is 0 Å². The first-order chi connectivity index (χ1) is 9.09. The number of esters is 1. The molecule has 1 saturated heterocycles. The van der Waals surface area contributed by atoms with E-state index in [9.17, 15) is 4.79 Å². The lowest BCUT2D eigenvalue weighted by molar-refractivity contribution is -0.157. The Labute approximate surface area is 117 Å². The molecule has 2 aliphatic rings. The highest BCUT2D eigenvalue weighted by atomic mass is 16.6. The van der Waals surface area contributed by atoms with Gasteiger partial charge < -0.3 is 9.47 Å². The second-order valence-electron chi connectivity index (χ2n) is 6.51. The highest BCUT2D eigenvalue weighted by molar-refractivity contribution is 5.76. The van der Waals surface area contributed by atoms with Crippen molar-refractivity contribution < 1.29 is 14.3 Å². The van der Waals surface area contributed by atoms with Crippen LogP contribution < -0.4 is 0 Å². The highest BCUT2D eigenvalue weighted by Crippen LogP contribution is 2.39. The molecular formula is C16H28O3.